The van der Waals surface area contributed by atoms with Gasteiger partial charge in [-0.3, -0.25) is 14.9 Å². The molecule has 1 aromatic heterocycles. The minimum absolute atomic E-state index is 0.00332. The van der Waals surface area contributed by atoms with E-state index in [9.17, 15) is 14.9 Å². The molecule has 1 heterocycles. The molecule has 0 saturated carbocycles. The van der Waals surface area contributed by atoms with Crippen molar-refractivity contribution in [1.29, 1.82) is 5.26 Å². The fourth-order valence-corrected chi connectivity index (χ4v) is 1.56. The van der Waals surface area contributed by atoms with Crippen LogP contribution in [-0.4, -0.2) is 20.8 Å². The van der Waals surface area contributed by atoms with E-state index in [2.05, 4.69) is 4.98 Å². The molecule has 0 amide bonds. The first-order chi connectivity index (χ1) is 8.54. The van der Waals surface area contributed by atoms with Crippen molar-refractivity contribution in [3.05, 3.63) is 39.7 Å². The summed E-state index contributed by atoms with van der Waals surface area (Å²) in [7, 11) is 0. The number of nitrogens with zero attached hydrogens (tertiary/aromatic N) is 3. The van der Waals surface area contributed by atoms with Crippen LogP contribution in [0.15, 0.2) is 18.3 Å². The number of carbonyl (C=O) groups is 1. The quantitative estimate of drug-likeness (QED) is 0.610. The molecule has 92 valence electrons. The van der Waals surface area contributed by atoms with E-state index in [-0.39, 0.29) is 16.5 Å². The molecule has 0 radical (unpaired) electrons. The second-order valence-electron chi connectivity index (χ2n) is 3.21. The molecule has 0 atom stereocenters. The molecule has 1 aromatic rings. The van der Waals surface area contributed by atoms with Crippen molar-refractivity contribution in [1.82, 2.24) is 4.98 Å². The normalized spacial score (nSPS) is 10.2. The van der Waals surface area contributed by atoms with Crippen LogP contribution in [0, 0.1) is 21.4 Å². The second kappa shape index (κ2) is 6.51. The average Bonchev–Trinajstić information content (AvgIpc) is 2.34. The SMILES string of the molecule is CC(=O)SCC=Cc1cnc(C#N)c([N+](=O)[O-])c1. The minimum atomic E-state index is -0.646. The summed E-state index contributed by atoms with van der Waals surface area (Å²) >= 11 is 1.14. The van der Waals surface area contributed by atoms with Crippen LogP contribution in [0.3, 0.4) is 0 Å². The minimum Gasteiger partial charge on any atom is -0.288 e. The van der Waals surface area contributed by atoms with Gasteiger partial charge in [0.1, 0.15) is 6.07 Å². The maximum absolute atomic E-state index is 10.7. The number of aromatic nitrogens is 1. The maximum atomic E-state index is 10.7. The number of hydrogen-bond acceptors (Lipinski definition) is 6. The summed E-state index contributed by atoms with van der Waals surface area (Å²) in [6.45, 7) is 1.46. The zero-order chi connectivity index (χ0) is 13.5. The molecular weight excluding hydrogens is 254 g/mol. The predicted molar refractivity (Wildman–Crippen MR) is 67.8 cm³/mol. The van der Waals surface area contributed by atoms with E-state index < -0.39 is 4.92 Å². The first-order valence-electron chi connectivity index (χ1n) is 4.89. The van der Waals surface area contributed by atoms with Crippen molar-refractivity contribution in [3.63, 3.8) is 0 Å². The Kier molecular flexibility index (Phi) is 5.02. The van der Waals surface area contributed by atoms with Crippen molar-refractivity contribution >= 4 is 28.6 Å². The highest BCUT2D eigenvalue weighted by Gasteiger charge is 2.14. The summed E-state index contributed by atoms with van der Waals surface area (Å²) in [5.74, 6) is 0.489. The van der Waals surface area contributed by atoms with Gasteiger partial charge in [0.2, 0.25) is 5.69 Å². The number of nitro groups is 1. The first kappa shape index (κ1) is 13.9. The van der Waals surface area contributed by atoms with Crippen LogP contribution < -0.4 is 0 Å². The van der Waals surface area contributed by atoms with Crippen LogP contribution in [0.25, 0.3) is 6.08 Å². The van der Waals surface area contributed by atoms with Crippen LogP contribution in [-0.2, 0) is 4.79 Å². The smallest absolute Gasteiger partial charge is 0.288 e. The van der Waals surface area contributed by atoms with Gasteiger partial charge in [-0.25, -0.2) is 4.98 Å². The summed E-state index contributed by atoms with van der Waals surface area (Å²) in [5, 5.41) is 19.4. The summed E-state index contributed by atoms with van der Waals surface area (Å²) in [5.41, 5.74) is -0.0148. The second-order valence-corrected chi connectivity index (χ2v) is 4.41. The average molecular weight is 263 g/mol. The highest BCUT2D eigenvalue weighted by Crippen LogP contribution is 2.17. The van der Waals surface area contributed by atoms with Crippen LogP contribution in [0.5, 0.6) is 0 Å². The lowest BCUT2D eigenvalue weighted by Crippen LogP contribution is -1.95. The van der Waals surface area contributed by atoms with Gasteiger partial charge in [-0.2, -0.15) is 5.26 Å². The predicted octanol–water partition coefficient (Wildman–Crippen LogP) is 2.15. The van der Waals surface area contributed by atoms with Gasteiger partial charge < -0.3 is 0 Å². The molecule has 18 heavy (non-hydrogen) atoms. The Balaban J connectivity index is 2.86. The monoisotopic (exact) mass is 263 g/mol. The molecule has 0 saturated heterocycles. The third kappa shape index (κ3) is 3.99. The molecular formula is C11H9N3O3S. The summed E-state index contributed by atoms with van der Waals surface area (Å²) in [4.78, 5) is 24.4. The van der Waals surface area contributed by atoms with E-state index in [1.165, 1.54) is 19.2 Å². The Morgan fingerprint density at radius 2 is 2.44 bits per heavy atom. The van der Waals surface area contributed by atoms with E-state index >= 15 is 0 Å². The van der Waals surface area contributed by atoms with Crippen molar-refractivity contribution < 1.29 is 9.72 Å². The molecule has 0 N–H and O–H groups in total. The van der Waals surface area contributed by atoms with E-state index in [1.54, 1.807) is 18.2 Å². The Labute approximate surface area is 107 Å². The lowest BCUT2D eigenvalue weighted by Gasteiger charge is -1.96. The molecule has 0 fully saturated rings. The summed E-state index contributed by atoms with van der Waals surface area (Å²) < 4.78 is 0. The van der Waals surface area contributed by atoms with Gasteiger partial charge in [-0.1, -0.05) is 23.9 Å². The zero-order valence-electron chi connectivity index (χ0n) is 9.49. The molecule has 0 aromatic carbocycles. The van der Waals surface area contributed by atoms with E-state index in [0.29, 0.717) is 11.3 Å². The highest BCUT2D eigenvalue weighted by atomic mass is 32.2. The van der Waals surface area contributed by atoms with Gasteiger partial charge in [0.05, 0.1) is 4.92 Å². The summed E-state index contributed by atoms with van der Waals surface area (Å²) in [6.07, 6.45) is 4.70. The Bertz CT molecular complexity index is 549. The topological polar surface area (TPSA) is 96.9 Å². The van der Waals surface area contributed by atoms with Gasteiger partial charge in [0.15, 0.2) is 5.12 Å². The molecule has 6 nitrogen and oxygen atoms in total. The van der Waals surface area contributed by atoms with Gasteiger partial charge in [-0.05, 0) is 5.56 Å². The largest absolute Gasteiger partial charge is 0.306 e. The molecule has 0 aliphatic carbocycles. The van der Waals surface area contributed by atoms with E-state index in [4.69, 9.17) is 5.26 Å². The van der Waals surface area contributed by atoms with Crippen LogP contribution in [0.4, 0.5) is 5.69 Å². The molecule has 0 aliphatic rings. The Morgan fingerprint density at radius 1 is 1.72 bits per heavy atom. The lowest BCUT2D eigenvalue weighted by molar-refractivity contribution is -0.385. The molecule has 1 rings (SSSR count). The number of hydrogen-bond donors (Lipinski definition) is 0. The summed E-state index contributed by atoms with van der Waals surface area (Å²) in [6, 6.07) is 2.94. The number of thioether (sulfide) groups is 1. The number of carbonyl (C=O) groups excluding carboxylic acids is 1. The number of rotatable bonds is 4. The maximum Gasteiger partial charge on any atom is 0.306 e. The standard InChI is InChI=1S/C11H9N3O3S/c1-8(15)18-4-2-3-9-5-11(14(16)17)10(6-12)13-7-9/h2-3,5,7H,4H2,1H3. The van der Waals surface area contributed by atoms with Crippen LogP contribution in [0.2, 0.25) is 0 Å². The molecule has 0 aliphatic heterocycles. The molecule has 0 unspecified atom stereocenters. The first-order valence-corrected chi connectivity index (χ1v) is 5.87. The van der Waals surface area contributed by atoms with Gasteiger partial charge in [-0.15, -0.1) is 0 Å². The fraction of sp³-hybridized carbons (Fsp3) is 0.182. The van der Waals surface area contributed by atoms with Crippen molar-refractivity contribution in [2.45, 2.75) is 6.92 Å². The lowest BCUT2D eigenvalue weighted by atomic mass is 10.2. The van der Waals surface area contributed by atoms with Crippen molar-refractivity contribution in [2.24, 2.45) is 0 Å². The van der Waals surface area contributed by atoms with Crippen LogP contribution in [0.1, 0.15) is 18.2 Å². The fourth-order valence-electron chi connectivity index (χ4n) is 1.13. The zero-order valence-corrected chi connectivity index (χ0v) is 10.3. The number of nitriles is 1. The van der Waals surface area contributed by atoms with Crippen molar-refractivity contribution in [3.8, 4) is 6.07 Å². The Hall–Kier alpha value is -2.20. The molecule has 0 bridgehead atoms. The van der Waals surface area contributed by atoms with Gasteiger partial charge >= 0.3 is 5.69 Å². The van der Waals surface area contributed by atoms with Crippen molar-refractivity contribution in [2.75, 3.05) is 5.75 Å². The molecule has 7 heteroatoms. The van der Waals surface area contributed by atoms with Gasteiger partial charge in [0.25, 0.3) is 0 Å². The third-order valence-corrected chi connectivity index (χ3v) is 2.65. The van der Waals surface area contributed by atoms with E-state index in [1.807, 2.05) is 0 Å². The number of pyridine rings is 1. The van der Waals surface area contributed by atoms with Crippen LogP contribution >= 0.6 is 11.8 Å². The van der Waals surface area contributed by atoms with E-state index in [0.717, 1.165) is 11.8 Å². The Morgan fingerprint density at radius 3 is 3.00 bits per heavy atom. The molecule has 0 spiro atoms. The van der Waals surface area contributed by atoms with Gasteiger partial charge in [0, 0.05) is 24.9 Å². The highest BCUT2D eigenvalue weighted by molar-refractivity contribution is 8.13. The third-order valence-electron chi connectivity index (χ3n) is 1.88.